The average molecular weight is 319 g/mol. The molecule has 0 N–H and O–H groups in total. The molecule has 118 valence electrons. The van der Waals surface area contributed by atoms with Gasteiger partial charge < -0.3 is 4.74 Å². The molecule has 0 aromatic heterocycles. The van der Waals surface area contributed by atoms with Gasteiger partial charge in [0, 0.05) is 5.57 Å². The average Bonchev–Trinajstić information content (AvgIpc) is 2.34. The summed E-state index contributed by atoms with van der Waals surface area (Å²) < 4.78 is 5.05. The quantitative estimate of drug-likeness (QED) is 0.152. The molecule has 0 bridgehead atoms. The Morgan fingerprint density at radius 2 is 1.45 bits per heavy atom. The molecular weight excluding hydrogens is 288 g/mol. The molecule has 0 rings (SSSR count). The van der Waals surface area contributed by atoms with Crippen LogP contribution in [0.3, 0.4) is 0 Å². The highest BCUT2D eigenvalue weighted by Gasteiger charge is 2.15. The number of unbranched alkanes of at least 4 members (excludes halogenated alkanes) is 7. The first kappa shape index (κ1) is 19.7. The Hall–Kier alpha value is -0.283. The van der Waals surface area contributed by atoms with E-state index in [2.05, 4.69) is 19.7 Å². The zero-order chi connectivity index (χ0) is 15.4. The van der Waals surface area contributed by atoms with E-state index >= 15 is 0 Å². The molecule has 0 unspecified atom stereocenters. The van der Waals surface area contributed by atoms with E-state index < -0.39 is 7.38 Å². The predicted molar refractivity (Wildman–Crippen MR) is 90.9 cm³/mol. The number of hydrogen-bond acceptors (Lipinski definition) is 2. The Balaban J connectivity index is 3.18. The SMILES string of the molecule is C=C(C)C(=O)OCCCCCCCCCC[Si](C)(C)Cl. The summed E-state index contributed by atoms with van der Waals surface area (Å²) in [7, 11) is -1.34. The van der Waals surface area contributed by atoms with Gasteiger partial charge in [0.25, 0.3) is 0 Å². The smallest absolute Gasteiger partial charge is 0.333 e. The molecule has 0 heterocycles. The highest BCUT2D eigenvalue weighted by Crippen LogP contribution is 2.19. The molecule has 2 nitrogen and oxygen atoms in total. The van der Waals surface area contributed by atoms with E-state index in [1.54, 1.807) is 6.92 Å². The van der Waals surface area contributed by atoms with Gasteiger partial charge in [0.15, 0.2) is 0 Å². The van der Waals surface area contributed by atoms with Gasteiger partial charge in [-0.05, 0) is 19.4 Å². The van der Waals surface area contributed by atoms with Crippen LogP contribution < -0.4 is 0 Å². The summed E-state index contributed by atoms with van der Waals surface area (Å²) in [6, 6.07) is 1.24. The Kier molecular flexibility index (Phi) is 11.2. The minimum atomic E-state index is -1.34. The van der Waals surface area contributed by atoms with Crippen molar-refractivity contribution in [2.75, 3.05) is 6.61 Å². The maximum atomic E-state index is 11.1. The van der Waals surface area contributed by atoms with Crippen LogP contribution in [0, 0.1) is 0 Å². The van der Waals surface area contributed by atoms with Gasteiger partial charge in [0.1, 0.15) is 7.38 Å². The van der Waals surface area contributed by atoms with E-state index in [9.17, 15) is 4.79 Å². The maximum Gasteiger partial charge on any atom is 0.333 e. The summed E-state index contributed by atoms with van der Waals surface area (Å²) in [5, 5.41) is 0. The van der Waals surface area contributed by atoms with Crippen molar-refractivity contribution in [1.82, 2.24) is 0 Å². The fourth-order valence-electron chi connectivity index (χ4n) is 2.00. The standard InChI is InChI=1S/C16H31ClO2Si/c1-15(2)16(18)19-13-11-9-7-5-6-8-10-12-14-20(3,4)17/h1,5-14H2,2-4H3. The van der Waals surface area contributed by atoms with Crippen molar-refractivity contribution in [1.29, 1.82) is 0 Å². The molecule has 0 aromatic rings. The Bertz CT molecular complexity index is 285. The van der Waals surface area contributed by atoms with Gasteiger partial charge >= 0.3 is 5.97 Å². The van der Waals surface area contributed by atoms with Crippen molar-refractivity contribution in [2.45, 2.75) is 77.4 Å². The van der Waals surface area contributed by atoms with Gasteiger partial charge in [0.05, 0.1) is 6.61 Å². The molecule has 0 saturated heterocycles. The normalized spacial score (nSPS) is 11.4. The van der Waals surface area contributed by atoms with Crippen LogP contribution in [0.1, 0.15) is 58.3 Å². The van der Waals surface area contributed by atoms with Gasteiger partial charge in [0.2, 0.25) is 0 Å². The van der Waals surface area contributed by atoms with E-state index in [1.807, 2.05) is 0 Å². The second-order valence-electron chi connectivity index (χ2n) is 6.21. The lowest BCUT2D eigenvalue weighted by atomic mass is 10.1. The van der Waals surface area contributed by atoms with Crippen molar-refractivity contribution in [2.24, 2.45) is 0 Å². The first-order valence-corrected chi connectivity index (χ1v) is 12.1. The Labute approximate surface area is 130 Å². The molecule has 0 aliphatic rings. The topological polar surface area (TPSA) is 26.3 Å². The van der Waals surface area contributed by atoms with Crippen molar-refractivity contribution < 1.29 is 9.53 Å². The number of halogens is 1. The van der Waals surface area contributed by atoms with Crippen LogP contribution in [0.2, 0.25) is 19.1 Å². The first-order chi connectivity index (χ1) is 9.33. The first-order valence-electron chi connectivity index (χ1n) is 7.84. The molecule has 0 amide bonds. The van der Waals surface area contributed by atoms with Crippen molar-refractivity contribution in [3.63, 3.8) is 0 Å². The van der Waals surface area contributed by atoms with Crippen LogP contribution in [0.5, 0.6) is 0 Å². The van der Waals surface area contributed by atoms with Crippen molar-refractivity contribution in [3.05, 3.63) is 12.2 Å². The molecule has 4 heteroatoms. The Morgan fingerprint density at radius 3 is 1.90 bits per heavy atom. The number of carbonyl (C=O) groups is 1. The van der Waals surface area contributed by atoms with Gasteiger partial charge in [-0.25, -0.2) is 4.79 Å². The lowest BCUT2D eigenvalue weighted by Crippen LogP contribution is -2.14. The van der Waals surface area contributed by atoms with Crippen LogP contribution in [-0.2, 0) is 9.53 Å². The zero-order valence-electron chi connectivity index (χ0n) is 13.5. The van der Waals surface area contributed by atoms with E-state index in [1.165, 1.54) is 44.6 Å². The molecule has 20 heavy (non-hydrogen) atoms. The lowest BCUT2D eigenvalue weighted by molar-refractivity contribution is -0.139. The van der Waals surface area contributed by atoms with Crippen LogP contribution in [0.25, 0.3) is 0 Å². The van der Waals surface area contributed by atoms with E-state index in [4.69, 9.17) is 15.8 Å². The summed E-state index contributed by atoms with van der Waals surface area (Å²) in [5.41, 5.74) is 0.480. The number of carbonyl (C=O) groups excluding carboxylic acids is 1. The van der Waals surface area contributed by atoms with E-state index in [-0.39, 0.29) is 5.97 Å². The minimum absolute atomic E-state index is 0.268. The molecule has 0 atom stereocenters. The number of ether oxygens (including phenoxy) is 1. The number of rotatable bonds is 12. The molecule has 0 spiro atoms. The van der Waals surface area contributed by atoms with Crippen LogP contribution in [0.4, 0.5) is 0 Å². The third-order valence-electron chi connectivity index (χ3n) is 3.25. The third kappa shape index (κ3) is 14.1. The maximum absolute atomic E-state index is 11.1. The predicted octanol–water partition coefficient (Wildman–Crippen LogP) is 5.67. The van der Waals surface area contributed by atoms with E-state index in [0.29, 0.717) is 12.2 Å². The summed E-state index contributed by atoms with van der Waals surface area (Å²) >= 11 is 6.28. The number of esters is 1. The van der Waals surface area contributed by atoms with E-state index in [0.717, 1.165) is 12.8 Å². The van der Waals surface area contributed by atoms with Crippen molar-refractivity contribution >= 4 is 24.4 Å². The van der Waals surface area contributed by atoms with Crippen LogP contribution in [-0.4, -0.2) is 20.0 Å². The lowest BCUT2D eigenvalue weighted by Gasteiger charge is -2.11. The largest absolute Gasteiger partial charge is 0.462 e. The molecule has 0 aromatic carbocycles. The fourth-order valence-corrected chi connectivity index (χ4v) is 3.49. The van der Waals surface area contributed by atoms with Crippen LogP contribution >= 0.6 is 11.1 Å². The second kappa shape index (κ2) is 11.4. The molecule has 0 radical (unpaired) electrons. The molecule has 0 aliphatic carbocycles. The minimum Gasteiger partial charge on any atom is -0.462 e. The molecule has 0 fully saturated rings. The van der Waals surface area contributed by atoms with Gasteiger partial charge in [-0.3, -0.25) is 0 Å². The number of hydrogen-bond donors (Lipinski definition) is 0. The third-order valence-corrected chi connectivity index (χ3v) is 5.36. The summed E-state index contributed by atoms with van der Waals surface area (Å²) in [4.78, 5) is 11.1. The zero-order valence-corrected chi connectivity index (χ0v) is 15.2. The highest BCUT2D eigenvalue weighted by molar-refractivity contribution is 7.19. The fraction of sp³-hybridized carbons (Fsp3) is 0.812. The van der Waals surface area contributed by atoms with Crippen LogP contribution in [0.15, 0.2) is 12.2 Å². The summed E-state index contributed by atoms with van der Waals surface area (Å²) in [5.74, 6) is -0.268. The van der Waals surface area contributed by atoms with Gasteiger partial charge in [-0.2, -0.15) is 11.1 Å². The monoisotopic (exact) mass is 318 g/mol. The highest BCUT2D eigenvalue weighted by atomic mass is 35.6. The molecular formula is C16H31ClO2Si. The molecule has 0 aliphatic heterocycles. The molecule has 0 saturated carbocycles. The second-order valence-corrected chi connectivity index (χ2v) is 13.2. The summed E-state index contributed by atoms with van der Waals surface area (Å²) in [6.45, 7) is 10.2. The summed E-state index contributed by atoms with van der Waals surface area (Å²) in [6.07, 6.45) is 9.88. The van der Waals surface area contributed by atoms with Crippen molar-refractivity contribution in [3.8, 4) is 0 Å². The Morgan fingerprint density at radius 1 is 1.00 bits per heavy atom. The van der Waals surface area contributed by atoms with Gasteiger partial charge in [-0.1, -0.05) is 64.6 Å². The van der Waals surface area contributed by atoms with Gasteiger partial charge in [-0.15, -0.1) is 0 Å².